The van der Waals surface area contributed by atoms with Crippen molar-refractivity contribution in [2.75, 3.05) is 19.6 Å². The predicted octanol–water partition coefficient (Wildman–Crippen LogP) is 3.07. The second-order valence-corrected chi connectivity index (χ2v) is 6.75. The highest BCUT2D eigenvalue weighted by Gasteiger charge is 2.25. The lowest BCUT2D eigenvalue weighted by Gasteiger charge is -2.37. The van der Waals surface area contributed by atoms with Gasteiger partial charge in [-0.1, -0.05) is 44.2 Å². The molecule has 2 nitrogen and oxygen atoms in total. The Morgan fingerprint density at radius 2 is 1.79 bits per heavy atom. The van der Waals surface area contributed by atoms with Crippen molar-refractivity contribution < 1.29 is 0 Å². The maximum absolute atomic E-state index is 6.28. The van der Waals surface area contributed by atoms with Crippen LogP contribution in [0.3, 0.4) is 0 Å². The van der Waals surface area contributed by atoms with Gasteiger partial charge in [0.2, 0.25) is 0 Å². The van der Waals surface area contributed by atoms with E-state index in [0.29, 0.717) is 11.5 Å². The molecule has 19 heavy (non-hydrogen) atoms. The van der Waals surface area contributed by atoms with Crippen LogP contribution in [-0.4, -0.2) is 30.6 Å². The normalized spacial score (nSPS) is 21.2. The molecule has 1 heterocycles. The number of hydrogen-bond donors (Lipinski definition) is 1. The minimum absolute atomic E-state index is 0.307. The molecule has 0 aromatic heterocycles. The van der Waals surface area contributed by atoms with Crippen molar-refractivity contribution in [1.82, 2.24) is 4.90 Å². The summed E-state index contributed by atoms with van der Waals surface area (Å²) >= 11 is 0. The summed E-state index contributed by atoms with van der Waals surface area (Å²) in [6.07, 6.45) is 4.79. The molecule has 1 aliphatic heterocycles. The Morgan fingerprint density at radius 3 is 2.42 bits per heavy atom. The summed E-state index contributed by atoms with van der Waals surface area (Å²) in [5.41, 5.74) is 8.21. The molecule has 2 rings (SSSR count). The zero-order valence-corrected chi connectivity index (χ0v) is 12.4. The van der Waals surface area contributed by atoms with E-state index in [-0.39, 0.29) is 0 Å². The minimum Gasteiger partial charge on any atom is -0.327 e. The Kier molecular flexibility index (Phi) is 5.00. The van der Waals surface area contributed by atoms with Crippen molar-refractivity contribution in [2.24, 2.45) is 11.1 Å². The van der Waals surface area contributed by atoms with E-state index in [2.05, 4.69) is 49.1 Å². The minimum atomic E-state index is 0.307. The van der Waals surface area contributed by atoms with Crippen molar-refractivity contribution >= 4 is 0 Å². The summed E-state index contributed by atoms with van der Waals surface area (Å²) in [5.74, 6) is 0. The van der Waals surface area contributed by atoms with Crippen molar-refractivity contribution in [3.63, 3.8) is 0 Å². The van der Waals surface area contributed by atoms with Gasteiger partial charge in [0, 0.05) is 12.6 Å². The third-order valence-electron chi connectivity index (χ3n) is 4.35. The first kappa shape index (κ1) is 14.5. The standard InChI is InChI=1S/C17H28N2/c1-17(2)10-12-19(13-11-17)14-16(18)9-8-15-6-4-3-5-7-15/h3-7,16H,8-14,18H2,1-2H3. The topological polar surface area (TPSA) is 29.3 Å². The number of likely N-dealkylation sites (tertiary alicyclic amines) is 1. The van der Waals surface area contributed by atoms with Crippen LogP contribution in [0.4, 0.5) is 0 Å². The van der Waals surface area contributed by atoms with E-state index in [9.17, 15) is 0 Å². The summed E-state index contributed by atoms with van der Waals surface area (Å²) in [7, 11) is 0. The van der Waals surface area contributed by atoms with Gasteiger partial charge in [-0.25, -0.2) is 0 Å². The first-order valence-electron chi connectivity index (χ1n) is 7.57. The molecule has 0 spiro atoms. The second kappa shape index (κ2) is 6.53. The summed E-state index contributed by atoms with van der Waals surface area (Å²) in [6, 6.07) is 11.0. The van der Waals surface area contributed by atoms with Crippen LogP contribution in [0.25, 0.3) is 0 Å². The number of benzene rings is 1. The fraction of sp³-hybridized carbons (Fsp3) is 0.647. The van der Waals surface area contributed by atoms with Crippen LogP contribution in [-0.2, 0) is 6.42 Å². The molecule has 1 aromatic carbocycles. The van der Waals surface area contributed by atoms with Gasteiger partial charge in [0.05, 0.1) is 0 Å². The lowest BCUT2D eigenvalue weighted by atomic mass is 9.82. The zero-order valence-electron chi connectivity index (χ0n) is 12.4. The average Bonchev–Trinajstić information content (AvgIpc) is 2.40. The Labute approximate surface area is 118 Å². The van der Waals surface area contributed by atoms with E-state index < -0.39 is 0 Å². The van der Waals surface area contributed by atoms with Gasteiger partial charge in [0.1, 0.15) is 0 Å². The molecule has 0 bridgehead atoms. The summed E-state index contributed by atoms with van der Waals surface area (Å²) in [5, 5.41) is 0. The highest BCUT2D eigenvalue weighted by atomic mass is 15.1. The maximum Gasteiger partial charge on any atom is 0.0170 e. The highest BCUT2D eigenvalue weighted by molar-refractivity contribution is 5.14. The largest absolute Gasteiger partial charge is 0.327 e. The maximum atomic E-state index is 6.28. The first-order chi connectivity index (χ1) is 9.05. The Balaban J connectivity index is 1.69. The molecule has 1 fully saturated rings. The molecule has 1 saturated heterocycles. The van der Waals surface area contributed by atoms with Crippen LogP contribution in [0.1, 0.15) is 38.7 Å². The molecule has 1 aliphatic rings. The summed E-state index contributed by atoms with van der Waals surface area (Å²) in [4.78, 5) is 2.54. The monoisotopic (exact) mass is 260 g/mol. The number of piperidine rings is 1. The van der Waals surface area contributed by atoms with Crippen LogP contribution in [0.15, 0.2) is 30.3 Å². The molecule has 1 unspecified atom stereocenters. The molecular formula is C17H28N2. The molecule has 1 aromatic rings. The number of rotatable bonds is 5. The Morgan fingerprint density at radius 1 is 1.16 bits per heavy atom. The summed E-state index contributed by atoms with van der Waals surface area (Å²) < 4.78 is 0. The molecule has 1 atom stereocenters. The van der Waals surface area contributed by atoms with Gasteiger partial charge in [-0.15, -0.1) is 0 Å². The van der Waals surface area contributed by atoms with Crippen LogP contribution in [0.5, 0.6) is 0 Å². The molecule has 0 radical (unpaired) electrons. The number of aryl methyl sites for hydroxylation is 1. The van der Waals surface area contributed by atoms with Gasteiger partial charge in [-0.05, 0) is 49.8 Å². The van der Waals surface area contributed by atoms with E-state index in [1.165, 1.54) is 31.5 Å². The van der Waals surface area contributed by atoms with Crippen LogP contribution in [0, 0.1) is 5.41 Å². The Hall–Kier alpha value is -0.860. The summed E-state index contributed by atoms with van der Waals surface area (Å²) in [6.45, 7) is 8.24. The van der Waals surface area contributed by atoms with Crippen molar-refractivity contribution in [3.8, 4) is 0 Å². The fourth-order valence-corrected chi connectivity index (χ4v) is 2.76. The third kappa shape index (κ3) is 4.96. The molecule has 0 aliphatic carbocycles. The predicted molar refractivity (Wildman–Crippen MR) is 82.2 cm³/mol. The van der Waals surface area contributed by atoms with E-state index >= 15 is 0 Å². The van der Waals surface area contributed by atoms with Crippen LogP contribution < -0.4 is 5.73 Å². The molecular weight excluding hydrogens is 232 g/mol. The molecule has 0 saturated carbocycles. The quantitative estimate of drug-likeness (QED) is 0.881. The van der Waals surface area contributed by atoms with E-state index in [1.54, 1.807) is 0 Å². The second-order valence-electron chi connectivity index (χ2n) is 6.75. The molecule has 2 N–H and O–H groups in total. The number of nitrogens with zero attached hydrogens (tertiary/aromatic N) is 1. The zero-order chi connectivity index (χ0) is 13.7. The highest BCUT2D eigenvalue weighted by Crippen LogP contribution is 2.29. The van der Waals surface area contributed by atoms with Gasteiger partial charge in [0.25, 0.3) is 0 Å². The van der Waals surface area contributed by atoms with E-state index in [4.69, 9.17) is 5.73 Å². The molecule has 0 amide bonds. The SMILES string of the molecule is CC1(C)CCN(CC(N)CCc2ccccc2)CC1. The van der Waals surface area contributed by atoms with E-state index in [1.807, 2.05) is 0 Å². The number of hydrogen-bond acceptors (Lipinski definition) is 2. The van der Waals surface area contributed by atoms with Gasteiger partial charge < -0.3 is 10.6 Å². The van der Waals surface area contributed by atoms with Crippen molar-refractivity contribution in [2.45, 2.75) is 45.6 Å². The number of nitrogens with two attached hydrogens (primary N) is 1. The first-order valence-corrected chi connectivity index (χ1v) is 7.57. The van der Waals surface area contributed by atoms with Gasteiger partial charge in [-0.2, -0.15) is 0 Å². The van der Waals surface area contributed by atoms with Gasteiger partial charge in [-0.3, -0.25) is 0 Å². The van der Waals surface area contributed by atoms with Crippen molar-refractivity contribution in [1.29, 1.82) is 0 Å². The van der Waals surface area contributed by atoms with Gasteiger partial charge in [0.15, 0.2) is 0 Å². The smallest absolute Gasteiger partial charge is 0.0170 e. The molecule has 2 heteroatoms. The lowest BCUT2D eigenvalue weighted by Crippen LogP contribution is -2.43. The van der Waals surface area contributed by atoms with Crippen molar-refractivity contribution in [3.05, 3.63) is 35.9 Å². The fourth-order valence-electron chi connectivity index (χ4n) is 2.76. The Bertz CT molecular complexity index is 362. The lowest BCUT2D eigenvalue weighted by molar-refractivity contribution is 0.126. The van der Waals surface area contributed by atoms with Gasteiger partial charge >= 0.3 is 0 Å². The van der Waals surface area contributed by atoms with Crippen LogP contribution >= 0.6 is 0 Å². The van der Waals surface area contributed by atoms with E-state index in [0.717, 1.165) is 19.4 Å². The third-order valence-corrected chi connectivity index (χ3v) is 4.35. The average molecular weight is 260 g/mol. The molecule has 106 valence electrons. The van der Waals surface area contributed by atoms with Crippen LogP contribution in [0.2, 0.25) is 0 Å².